The second-order valence-corrected chi connectivity index (χ2v) is 7.81. The van der Waals surface area contributed by atoms with E-state index in [0.717, 1.165) is 44.8 Å². The Labute approximate surface area is 143 Å². The zero-order chi connectivity index (χ0) is 16.5. The zero-order valence-electron chi connectivity index (χ0n) is 14.2. The molecule has 0 radical (unpaired) electrons. The van der Waals surface area contributed by atoms with Gasteiger partial charge < -0.3 is 15.8 Å². The molecule has 1 aliphatic heterocycles. The molecular formula is C18H28N4O2. The van der Waals surface area contributed by atoms with Crippen LogP contribution in [0.25, 0.3) is 0 Å². The first kappa shape index (κ1) is 16.1. The fourth-order valence-electron chi connectivity index (χ4n) is 4.79. The van der Waals surface area contributed by atoms with Gasteiger partial charge in [0.05, 0.1) is 12.8 Å². The van der Waals surface area contributed by atoms with Crippen LogP contribution in [0.3, 0.4) is 0 Å². The number of ether oxygens (including phenoxy) is 1. The van der Waals surface area contributed by atoms with E-state index in [2.05, 4.69) is 10.4 Å². The molecule has 24 heavy (non-hydrogen) atoms. The van der Waals surface area contributed by atoms with Crippen LogP contribution < -0.4 is 11.1 Å². The summed E-state index contributed by atoms with van der Waals surface area (Å²) in [7, 11) is 0. The molecular weight excluding hydrogens is 304 g/mol. The van der Waals surface area contributed by atoms with E-state index < -0.39 is 0 Å². The molecule has 3 unspecified atom stereocenters. The van der Waals surface area contributed by atoms with Crippen LogP contribution in [-0.2, 0) is 16.1 Å². The van der Waals surface area contributed by atoms with Crippen LogP contribution in [0.2, 0.25) is 0 Å². The topological polar surface area (TPSA) is 82.2 Å². The van der Waals surface area contributed by atoms with Crippen molar-refractivity contribution in [3.63, 3.8) is 0 Å². The third-order valence-electron chi connectivity index (χ3n) is 6.21. The fraction of sp³-hybridized carbons (Fsp3) is 0.778. The Balaban J connectivity index is 1.39. The molecule has 1 aromatic heterocycles. The molecule has 2 bridgehead atoms. The van der Waals surface area contributed by atoms with Gasteiger partial charge in [0.2, 0.25) is 5.91 Å². The van der Waals surface area contributed by atoms with Gasteiger partial charge in [0, 0.05) is 37.1 Å². The number of nitrogens with zero attached hydrogens (tertiary/aromatic N) is 2. The van der Waals surface area contributed by atoms with Crippen molar-refractivity contribution < 1.29 is 9.53 Å². The van der Waals surface area contributed by atoms with Crippen LogP contribution in [-0.4, -0.2) is 34.9 Å². The number of nitrogens with two attached hydrogens (primary N) is 1. The van der Waals surface area contributed by atoms with Gasteiger partial charge in [-0.1, -0.05) is 6.42 Å². The van der Waals surface area contributed by atoms with Gasteiger partial charge in [0.25, 0.3) is 0 Å². The van der Waals surface area contributed by atoms with Gasteiger partial charge in [-0.25, -0.2) is 4.68 Å². The first-order valence-electron chi connectivity index (χ1n) is 9.36. The monoisotopic (exact) mass is 332 g/mol. The Kier molecular flexibility index (Phi) is 4.59. The van der Waals surface area contributed by atoms with Crippen LogP contribution in [0.1, 0.15) is 38.5 Å². The summed E-state index contributed by atoms with van der Waals surface area (Å²) in [6, 6.07) is 2.19. The van der Waals surface area contributed by atoms with E-state index in [-0.39, 0.29) is 11.8 Å². The van der Waals surface area contributed by atoms with Crippen molar-refractivity contribution >= 4 is 11.7 Å². The number of anilines is 1. The standard InChI is InChI=1S/C18H28N4O2/c19-17-13-2-1-3-14(17)9-15(8-13)18(23)21-16-4-6-20-22(16)10-12-5-7-24-11-12/h4,6,12-15,17H,1-3,5,7-11,19H2,(H,21,23). The Morgan fingerprint density at radius 3 is 2.83 bits per heavy atom. The van der Waals surface area contributed by atoms with E-state index in [1.54, 1.807) is 6.20 Å². The summed E-state index contributed by atoms with van der Waals surface area (Å²) in [6.45, 7) is 2.43. The number of amides is 1. The highest BCUT2D eigenvalue weighted by molar-refractivity contribution is 5.91. The number of hydrogen-bond acceptors (Lipinski definition) is 4. The largest absolute Gasteiger partial charge is 0.381 e. The second-order valence-electron chi connectivity index (χ2n) is 7.81. The molecule has 4 rings (SSSR count). The van der Waals surface area contributed by atoms with Crippen LogP contribution in [0.4, 0.5) is 5.82 Å². The van der Waals surface area contributed by atoms with Crippen molar-refractivity contribution in [1.29, 1.82) is 0 Å². The molecule has 6 heteroatoms. The minimum atomic E-state index is 0.0956. The van der Waals surface area contributed by atoms with Crippen molar-refractivity contribution in [2.75, 3.05) is 18.5 Å². The molecule has 1 amide bonds. The molecule has 3 atom stereocenters. The maximum atomic E-state index is 12.8. The number of aromatic nitrogens is 2. The van der Waals surface area contributed by atoms with Crippen LogP contribution in [0.15, 0.2) is 12.3 Å². The van der Waals surface area contributed by atoms with Gasteiger partial charge in [-0.2, -0.15) is 5.10 Å². The third-order valence-corrected chi connectivity index (χ3v) is 6.21. The highest BCUT2D eigenvalue weighted by Crippen LogP contribution is 2.42. The van der Waals surface area contributed by atoms with Crippen LogP contribution in [0.5, 0.6) is 0 Å². The zero-order valence-corrected chi connectivity index (χ0v) is 14.2. The van der Waals surface area contributed by atoms with E-state index in [0.29, 0.717) is 23.8 Å². The maximum Gasteiger partial charge on any atom is 0.228 e. The van der Waals surface area contributed by atoms with Gasteiger partial charge >= 0.3 is 0 Å². The summed E-state index contributed by atoms with van der Waals surface area (Å²) in [5.74, 6) is 2.59. The molecule has 2 heterocycles. The minimum Gasteiger partial charge on any atom is -0.381 e. The molecule has 2 aliphatic carbocycles. The van der Waals surface area contributed by atoms with E-state index in [4.69, 9.17) is 10.5 Å². The van der Waals surface area contributed by atoms with Gasteiger partial charge in [0.15, 0.2) is 0 Å². The summed E-state index contributed by atoms with van der Waals surface area (Å²) < 4.78 is 7.34. The number of rotatable bonds is 4. The summed E-state index contributed by atoms with van der Waals surface area (Å²) in [5, 5.41) is 7.49. The van der Waals surface area contributed by atoms with Crippen molar-refractivity contribution in [2.45, 2.75) is 51.1 Å². The smallest absolute Gasteiger partial charge is 0.228 e. The van der Waals surface area contributed by atoms with Crippen molar-refractivity contribution in [2.24, 2.45) is 29.4 Å². The summed E-state index contributed by atoms with van der Waals surface area (Å²) in [5.41, 5.74) is 6.34. The third kappa shape index (κ3) is 3.22. The number of carbonyl (C=O) groups excluding carboxylic acids is 1. The number of nitrogens with one attached hydrogen (secondary N) is 1. The lowest BCUT2D eigenvalue weighted by Crippen LogP contribution is -2.48. The number of carbonyl (C=O) groups is 1. The van der Waals surface area contributed by atoms with Crippen LogP contribution >= 0.6 is 0 Å². The summed E-state index contributed by atoms with van der Waals surface area (Å²) in [4.78, 5) is 12.8. The van der Waals surface area contributed by atoms with E-state index >= 15 is 0 Å². The Bertz CT molecular complexity index is 567. The Hall–Kier alpha value is -1.40. The predicted molar refractivity (Wildman–Crippen MR) is 91.3 cm³/mol. The highest BCUT2D eigenvalue weighted by Gasteiger charge is 2.40. The van der Waals surface area contributed by atoms with Gasteiger partial charge in [-0.3, -0.25) is 4.79 Å². The maximum absolute atomic E-state index is 12.8. The van der Waals surface area contributed by atoms with Crippen molar-refractivity contribution in [1.82, 2.24) is 9.78 Å². The first-order chi connectivity index (χ1) is 11.7. The van der Waals surface area contributed by atoms with Gasteiger partial charge in [0.1, 0.15) is 5.82 Å². The molecule has 1 saturated heterocycles. The lowest BCUT2D eigenvalue weighted by Gasteiger charge is -2.43. The molecule has 1 aromatic rings. The molecule has 132 valence electrons. The minimum absolute atomic E-state index is 0.0956. The molecule has 2 saturated carbocycles. The Morgan fingerprint density at radius 2 is 2.12 bits per heavy atom. The van der Waals surface area contributed by atoms with Crippen molar-refractivity contribution in [3.05, 3.63) is 12.3 Å². The lowest BCUT2D eigenvalue weighted by atomic mass is 9.65. The van der Waals surface area contributed by atoms with E-state index in [1.165, 1.54) is 19.3 Å². The lowest BCUT2D eigenvalue weighted by molar-refractivity contribution is -0.122. The summed E-state index contributed by atoms with van der Waals surface area (Å²) >= 11 is 0. The molecule has 0 spiro atoms. The average molecular weight is 332 g/mol. The molecule has 3 aliphatic rings. The molecule has 0 aromatic carbocycles. The SMILES string of the molecule is NC1C2CCCC1CC(C(=O)Nc1ccnn1CC1CCOC1)C2. The van der Waals surface area contributed by atoms with E-state index in [9.17, 15) is 4.79 Å². The summed E-state index contributed by atoms with van der Waals surface area (Å²) in [6.07, 6.45) is 8.34. The fourth-order valence-corrected chi connectivity index (χ4v) is 4.79. The quantitative estimate of drug-likeness (QED) is 0.883. The molecule has 3 fully saturated rings. The number of hydrogen-bond donors (Lipinski definition) is 2. The predicted octanol–water partition coefficient (Wildman–Crippen LogP) is 2.01. The van der Waals surface area contributed by atoms with Crippen LogP contribution in [0, 0.1) is 23.7 Å². The van der Waals surface area contributed by atoms with E-state index in [1.807, 2.05) is 10.7 Å². The highest BCUT2D eigenvalue weighted by atomic mass is 16.5. The van der Waals surface area contributed by atoms with Gasteiger partial charge in [-0.15, -0.1) is 0 Å². The second kappa shape index (κ2) is 6.84. The Morgan fingerprint density at radius 1 is 1.33 bits per heavy atom. The van der Waals surface area contributed by atoms with Crippen molar-refractivity contribution in [3.8, 4) is 0 Å². The molecule has 3 N–H and O–H groups in total. The normalized spacial score (nSPS) is 35.8. The first-order valence-corrected chi connectivity index (χ1v) is 9.36. The van der Waals surface area contributed by atoms with Gasteiger partial charge in [-0.05, 0) is 43.9 Å². The average Bonchev–Trinajstić information content (AvgIpc) is 3.20. The molecule has 6 nitrogen and oxygen atoms in total. The number of fused-ring (bicyclic) bond motifs is 2.